The Morgan fingerprint density at radius 2 is 0.784 bits per heavy atom. The number of carbonyl (C=O) groups is 1. The summed E-state index contributed by atoms with van der Waals surface area (Å²) in [5, 5.41) is 0. The van der Waals surface area contributed by atoms with Crippen LogP contribution < -0.4 is 0 Å². The van der Waals surface area contributed by atoms with Crippen LogP contribution in [0.4, 0.5) is 0 Å². The van der Waals surface area contributed by atoms with Crippen molar-refractivity contribution in [2.75, 3.05) is 0 Å². The Labute approximate surface area is 300 Å². The summed E-state index contributed by atoms with van der Waals surface area (Å²) >= 11 is 0. The van der Waals surface area contributed by atoms with Crippen molar-refractivity contribution in [3.05, 3.63) is 237 Å². The van der Waals surface area contributed by atoms with Crippen molar-refractivity contribution in [2.24, 2.45) is 0 Å². The van der Waals surface area contributed by atoms with Crippen molar-refractivity contribution in [1.82, 2.24) is 0 Å². The summed E-state index contributed by atoms with van der Waals surface area (Å²) in [6, 6.07) is 60.9. The monoisotopic (exact) mass is 658 g/mol. The van der Waals surface area contributed by atoms with Gasteiger partial charge in [0.2, 0.25) is 0 Å². The maximum absolute atomic E-state index is 13.1. The van der Waals surface area contributed by atoms with Crippen LogP contribution in [0.5, 0.6) is 0 Å². The van der Waals surface area contributed by atoms with Crippen LogP contribution in [-0.2, 0) is 28.6 Å². The van der Waals surface area contributed by atoms with Crippen LogP contribution in [0.15, 0.2) is 170 Å². The molecule has 1 heterocycles. The lowest BCUT2D eigenvalue weighted by Crippen LogP contribution is -2.29. The highest BCUT2D eigenvalue weighted by Crippen LogP contribution is 2.56. The Kier molecular flexibility index (Phi) is 7.36. The number of fused-ring (bicyclic) bond motifs is 4. The van der Waals surface area contributed by atoms with Gasteiger partial charge in [-0.1, -0.05) is 175 Å². The second kappa shape index (κ2) is 12.1. The van der Waals surface area contributed by atoms with Crippen LogP contribution in [0.25, 0.3) is 11.1 Å². The van der Waals surface area contributed by atoms with E-state index in [4.69, 9.17) is 4.74 Å². The molecule has 0 radical (unpaired) electrons. The fourth-order valence-corrected chi connectivity index (χ4v) is 8.54. The predicted molar refractivity (Wildman–Crippen MR) is 205 cm³/mol. The number of hydrogen-bond acceptors (Lipinski definition) is 2. The minimum atomic E-state index is -0.972. The van der Waals surface area contributed by atoms with Crippen LogP contribution in [-0.4, -0.2) is 5.97 Å². The van der Waals surface area contributed by atoms with Gasteiger partial charge in [0, 0.05) is 16.7 Å². The molecule has 1 unspecified atom stereocenters. The van der Waals surface area contributed by atoms with Gasteiger partial charge in [-0.3, -0.25) is 0 Å². The van der Waals surface area contributed by atoms with E-state index in [9.17, 15) is 4.79 Å². The van der Waals surface area contributed by atoms with Crippen molar-refractivity contribution < 1.29 is 9.53 Å². The van der Waals surface area contributed by atoms with E-state index in [-0.39, 0.29) is 11.4 Å². The van der Waals surface area contributed by atoms with E-state index in [2.05, 4.69) is 159 Å². The second-order valence-corrected chi connectivity index (χ2v) is 14.1. The molecule has 0 amide bonds. The minimum absolute atomic E-state index is 0.285. The third-order valence-electron chi connectivity index (χ3n) is 11.1. The average Bonchev–Trinajstić information content (AvgIpc) is 3.65. The highest BCUT2D eigenvalue weighted by molar-refractivity contribution is 5.96. The van der Waals surface area contributed by atoms with Crippen molar-refractivity contribution in [3.63, 3.8) is 0 Å². The molecule has 246 valence electrons. The Hall–Kier alpha value is -5.99. The van der Waals surface area contributed by atoms with Gasteiger partial charge in [-0.15, -0.1) is 0 Å². The molecule has 0 N–H and O–H groups in total. The van der Waals surface area contributed by atoms with E-state index < -0.39 is 5.60 Å². The summed E-state index contributed by atoms with van der Waals surface area (Å²) in [7, 11) is 0. The van der Waals surface area contributed by atoms with E-state index in [1.165, 1.54) is 50.1 Å². The summed E-state index contributed by atoms with van der Waals surface area (Å²) in [6.45, 7) is 4.22. The van der Waals surface area contributed by atoms with Gasteiger partial charge < -0.3 is 4.74 Å². The number of ether oxygens (including phenoxy) is 1. The first-order chi connectivity index (χ1) is 25.0. The zero-order chi connectivity index (χ0) is 34.6. The normalized spacial score (nSPS) is 16.6. The Morgan fingerprint density at radius 3 is 1.27 bits per heavy atom. The van der Waals surface area contributed by atoms with E-state index in [1.807, 2.05) is 24.3 Å². The molecule has 1 aliphatic heterocycles. The predicted octanol–water partition coefficient (Wildman–Crippen LogP) is 10.9. The fraction of sp³-hybridized carbons (Fsp3) is 0.122. The molecule has 9 rings (SSSR count). The Bertz CT molecular complexity index is 2360. The summed E-state index contributed by atoms with van der Waals surface area (Å²) in [5.74, 6) is -0.285. The van der Waals surface area contributed by atoms with Gasteiger partial charge in [0.05, 0.1) is 11.0 Å². The molecular weight excluding hydrogens is 621 g/mol. The summed E-state index contributed by atoms with van der Waals surface area (Å²) in [5.41, 5.74) is 14.9. The zero-order valence-corrected chi connectivity index (χ0v) is 28.9. The maximum atomic E-state index is 13.1. The largest absolute Gasteiger partial charge is 0.441 e. The molecule has 0 saturated heterocycles. The average molecular weight is 659 g/mol. The number of esters is 1. The van der Waals surface area contributed by atoms with Gasteiger partial charge in [0.15, 0.2) is 5.60 Å². The highest BCUT2D eigenvalue weighted by atomic mass is 16.6. The van der Waals surface area contributed by atoms with Gasteiger partial charge in [-0.05, 0) is 77.3 Å². The van der Waals surface area contributed by atoms with Crippen LogP contribution in [0, 0.1) is 13.8 Å². The van der Waals surface area contributed by atoms with Crippen molar-refractivity contribution in [3.8, 4) is 11.1 Å². The molecular formula is C49H38O2. The number of hydrogen-bond donors (Lipinski definition) is 0. The van der Waals surface area contributed by atoms with Crippen LogP contribution in [0.1, 0.15) is 71.6 Å². The highest BCUT2D eigenvalue weighted by Gasteiger charge is 2.48. The van der Waals surface area contributed by atoms with E-state index in [0.717, 1.165) is 35.1 Å². The molecule has 51 heavy (non-hydrogen) atoms. The third kappa shape index (κ3) is 4.81. The van der Waals surface area contributed by atoms with E-state index in [0.29, 0.717) is 5.56 Å². The molecule has 0 aromatic heterocycles. The number of rotatable bonds is 7. The van der Waals surface area contributed by atoms with E-state index >= 15 is 0 Å². The first-order valence-corrected chi connectivity index (χ1v) is 17.8. The van der Waals surface area contributed by atoms with Gasteiger partial charge in [-0.25, -0.2) is 4.79 Å². The lowest BCUT2D eigenvalue weighted by atomic mass is 9.67. The topological polar surface area (TPSA) is 26.3 Å². The molecule has 1 atom stereocenters. The van der Waals surface area contributed by atoms with Crippen LogP contribution >= 0.6 is 0 Å². The summed E-state index contributed by atoms with van der Waals surface area (Å²) in [4.78, 5) is 13.1. The molecule has 0 fully saturated rings. The molecule has 0 spiro atoms. The van der Waals surface area contributed by atoms with Gasteiger partial charge in [0.1, 0.15) is 0 Å². The molecule has 7 aromatic rings. The molecule has 2 nitrogen and oxygen atoms in total. The quantitative estimate of drug-likeness (QED) is 0.159. The second-order valence-electron chi connectivity index (χ2n) is 14.1. The SMILES string of the molecule is Cc1ccc(C2(c3ccc(CCc4ccc(C5(c6ccc(C)cc6)c6ccccc6-c6ccccc65)cc4)cc3)OC(=O)c3ccccc32)cc1. The Morgan fingerprint density at radius 1 is 0.412 bits per heavy atom. The Balaban J connectivity index is 1.03. The minimum Gasteiger partial charge on any atom is -0.441 e. The molecule has 7 aromatic carbocycles. The first kappa shape index (κ1) is 31.0. The smallest absolute Gasteiger partial charge is 0.340 e. The molecule has 2 heteroatoms. The number of carbonyl (C=O) groups excluding carboxylic acids is 1. The summed E-state index contributed by atoms with van der Waals surface area (Å²) in [6.07, 6.45) is 1.83. The van der Waals surface area contributed by atoms with E-state index in [1.54, 1.807) is 0 Å². The standard InChI is InChI=1S/C49H38O2/c1-33-15-25-37(26-16-33)48(44-12-6-3-9-41(44)42-10-4-7-13-45(42)48)38-29-21-35(22-30-38)19-20-36-23-31-40(32-24-36)49(39-27-17-34(2)18-28-39)46-14-8-5-11-43(46)47(50)51-49/h3-18,21-32H,19-20H2,1-2H3. The molecule has 1 aliphatic carbocycles. The van der Waals surface area contributed by atoms with Crippen molar-refractivity contribution in [2.45, 2.75) is 37.7 Å². The molecule has 0 bridgehead atoms. The van der Waals surface area contributed by atoms with Crippen molar-refractivity contribution >= 4 is 5.97 Å². The zero-order valence-electron chi connectivity index (χ0n) is 28.9. The fourth-order valence-electron chi connectivity index (χ4n) is 8.54. The number of cyclic esters (lactones) is 1. The third-order valence-corrected chi connectivity index (χ3v) is 11.1. The molecule has 2 aliphatic rings. The number of aryl methyl sites for hydroxylation is 4. The van der Waals surface area contributed by atoms with Gasteiger partial charge >= 0.3 is 5.97 Å². The van der Waals surface area contributed by atoms with Crippen LogP contribution in [0.3, 0.4) is 0 Å². The first-order valence-electron chi connectivity index (χ1n) is 17.8. The van der Waals surface area contributed by atoms with Gasteiger partial charge in [-0.2, -0.15) is 0 Å². The number of benzene rings is 7. The molecule has 0 saturated carbocycles. The maximum Gasteiger partial charge on any atom is 0.340 e. The summed E-state index contributed by atoms with van der Waals surface area (Å²) < 4.78 is 6.30. The van der Waals surface area contributed by atoms with Crippen LogP contribution in [0.2, 0.25) is 0 Å². The lowest BCUT2D eigenvalue weighted by Gasteiger charge is -2.34. The lowest BCUT2D eigenvalue weighted by molar-refractivity contribution is 0.0251. The van der Waals surface area contributed by atoms with Crippen molar-refractivity contribution in [1.29, 1.82) is 0 Å². The van der Waals surface area contributed by atoms with Gasteiger partial charge in [0.25, 0.3) is 0 Å².